The lowest BCUT2D eigenvalue weighted by molar-refractivity contribution is 0.232. The van der Waals surface area contributed by atoms with E-state index in [0.29, 0.717) is 12.5 Å². The molecule has 2 nitrogen and oxygen atoms in total. The van der Waals surface area contributed by atoms with E-state index < -0.39 is 0 Å². The van der Waals surface area contributed by atoms with Crippen LogP contribution in [0.25, 0.3) is 0 Å². The van der Waals surface area contributed by atoms with Crippen molar-refractivity contribution in [3.8, 4) is 0 Å². The van der Waals surface area contributed by atoms with Crippen molar-refractivity contribution in [3.05, 3.63) is 28.6 Å². The van der Waals surface area contributed by atoms with Crippen LogP contribution in [0.3, 0.4) is 0 Å². The minimum absolute atomic E-state index is 0.299. The van der Waals surface area contributed by atoms with Crippen LogP contribution in [0.4, 0.5) is 0 Å². The van der Waals surface area contributed by atoms with Crippen molar-refractivity contribution in [2.45, 2.75) is 26.7 Å². The summed E-state index contributed by atoms with van der Waals surface area (Å²) >= 11 is 0. The van der Waals surface area contributed by atoms with Crippen LogP contribution in [-0.2, 0) is 12.8 Å². The van der Waals surface area contributed by atoms with Gasteiger partial charge in [0.15, 0.2) is 0 Å². The monoisotopic (exact) mass is 177 g/mol. The Morgan fingerprint density at radius 1 is 1.46 bits per heavy atom. The van der Waals surface area contributed by atoms with E-state index >= 15 is 0 Å². The molecule has 1 N–H and O–H groups in total. The number of pyridine rings is 1. The fraction of sp³-hybridized carbons (Fsp3) is 0.545. The molecule has 0 fully saturated rings. The summed E-state index contributed by atoms with van der Waals surface area (Å²) in [6.07, 6.45) is 2.03. The molecule has 1 heterocycles. The largest absolute Gasteiger partial charge is 0.396 e. The fourth-order valence-corrected chi connectivity index (χ4v) is 2.20. The van der Waals surface area contributed by atoms with Gasteiger partial charge in [-0.3, -0.25) is 4.98 Å². The third kappa shape index (κ3) is 1.46. The number of aromatic nitrogens is 1. The topological polar surface area (TPSA) is 33.1 Å². The number of aliphatic hydroxyl groups is 1. The molecular weight excluding hydrogens is 162 g/mol. The maximum Gasteiger partial charge on any atom is 0.0465 e. The zero-order valence-electron chi connectivity index (χ0n) is 8.17. The van der Waals surface area contributed by atoms with E-state index in [1.54, 1.807) is 0 Å². The van der Waals surface area contributed by atoms with Crippen molar-refractivity contribution < 1.29 is 5.11 Å². The van der Waals surface area contributed by atoms with Gasteiger partial charge in [0.25, 0.3) is 0 Å². The van der Waals surface area contributed by atoms with Gasteiger partial charge >= 0.3 is 0 Å². The fourth-order valence-electron chi connectivity index (χ4n) is 2.20. The third-order valence-electron chi connectivity index (χ3n) is 2.81. The summed E-state index contributed by atoms with van der Waals surface area (Å²) in [6, 6.07) is 2.15. The van der Waals surface area contributed by atoms with Crippen LogP contribution in [0.5, 0.6) is 0 Å². The highest BCUT2D eigenvalue weighted by atomic mass is 16.3. The number of hydrogen-bond donors (Lipinski definition) is 1. The van der Waals surface area contributed by atoms with Crippen LogP contribution in [0.2, 0.25) is 0 Å². The van der Waals surface area contributed by atoms with Crippen LogP contribution in [-0.4, -0.2) is 16.7 Å². The van der Waals surface area contributed by atoms with E-state index in [2.05, 4.69) is 18.0 Å². The SMILES string of the molecule is Cc1cc2c(c(C)n1)CC(CO)C2. The molecular formula is C11H15NO. The first-order valence-corrected chi connectivity index (χ1v) is 4.77. The average Bonchev–Trinajstić information content (AvgIpc) is 2.47. The molecule has 0 spiro atoms. The number of rotatable bonds is 1. The van der Waals surface area contributed by atoms with Gasteiger partial charge in [-0.1, -0.05) is 0 Å². The molecule has 1 aromatic rings. The molecule has 0 saturated carbocycles. The normalized spacial score (nSPS) is 20.4. The molecule has 1 aromatic heterocycles. The highest BCUT2D eigenvalue weighted by Crippen LogP contribution is 2.28. The van der Waals surface area contributed by atoms with Crippen LogP contribution in [0.1, 0.15) is 22.5 Å². The van der Waals surface area contributed by atoms with E-state index in [1.807, 2.05) is 6.92 Å². The van der Waals surface area contributed by atoms with Crippen molar-refractivity contribution in [2.24, 2.45) is 5.92 Å². The molecule has 1 atom stereocenters. The summed E-state index contributed by atoms with van der Waals surface area (Å²) < 4.78 is 0. The van der Waals surface area contributed by atoms with Gasteiger partial charge in [-0.25, -0.2) is 0 Å². The molecule has 70 valence electrons. The number of aliphatic hydroxyl groups excluding tert-OH is 1. The molecule has 2 heteroatoms. The van der Waals surface area contributed by atoms with Crippen LogP contribution in [0.15, 0.2) is 6.07 Å². The molecule has 0 saturated heterocycles. The molecule has 2 rings (SSSR count). The number of fused-ring (bicyclic) bond motifs is 1. The summed E-state index contributed by atoms with van der Waals surface area (Å²) in [5.74, 6) is 0.428. The predicted molar refractivity (Wildman–Crippen MR) is 51.7 cm³/mol. The smallest absolute Gasteiger partial charge is 0.0465 e. The van der Waals surface area contributed by atoms with E-state index in [9.17, 15) is 0 Å². The quantitative estimate of drug-likeness (QED) is 0.703. The molecule has 13 heavy (non-hydrogen) atoms. The summed E-state index contributed by atoms with van der Waals surface area (Å²) in [7, 11) is 0. The Labute approximate surface area is 78.6 Å². The molecule has 0 aromatic carbocycles. The first-order chi connectivity index (χ1) is 6.20. The Bertz CT molecular complexity index is 333. The predicted octanol–water partition coefficient (Wildman–Crippen LogP) is 1.41. The lowest BCUT2D eigenvalue weighted by Crippen LogP contribution is -2.04. The van der Waals surface area contributed by atoms with Gasteiger partial charge in [0.05, 0.1) is 0 Å². The Morgan fingerprint density at radius 2 is 2.23 bits per heavy atom. The number of nitrogens with zero attached hydrogens (tertiary/aromatic N) is 1. The lowest BCUT2D eigenvalue weighted by Gasteiger charge is -2.03. The Balaban J connectivity index is 2.40. The molecule has 0 aliphatic heterocycles. The summed E-state index contributed by atoms with van der Waals surface area (Å²) in [6.45, 7) is 4.39. The zero-order valence-corrected chi connectivity index (χ0v) is 8.17. The van der Waals surface area contributed by atoms with Gasteiger partial charge in [-0.2, -0.15) is 0 Å². The Morgan fingerprint density at radius 3 is 2.92 bits per heavy atom. The minimum Gasteiger partial charge on any atom is -0.396 e. The summed E-state index contributed by atoms with van der Waals surface area (Å²) in [5.41, 5.74) is 4.99. The van der Waals surface area contributed by atoms with Gasteiger partial charge in [0, 0.05) is 18.0 Å². The first-order valence-electron chi connectivity index (χ1n) is 4.77. The second kappa shape index (κ2) is 3.11. The van der Waals surface area contributed by atoms with Gasteiger partial charge in [-0.15, -0.1) is 0 Å². The minimum atomic E-state index is 0.299. The standard InChI is InChI=1S/C11H15NO/c1-7-3-10-4-9(6-13)5-11(10)8(2)12-7/h3,9,13H,4-6H2,1-2H3. The van der Waals surface area contributed by atoms with Crippen molar-refractivity contribution in [1.82, 2.24) is 4.98 Å². The van der Waals surface area contributed by atoms with E-state index in [4.69, 9.17) is 5.11 Å². The Kier molecular flexibility index (Phi) is 2.08. The Hall–Kier alpha value is -0.890. The van der Waals surface area contributed by atoms with Crippen molar-refractivity contribution in [2.75, 3.05) is 6.61 Å². The van der Waals surface area contributed by atoms with E-state index in [0.717, 1.165) is 24.2 Å². The van der Waals surface area contributed by atoms with Crippen LogP contribution < -0.4 is 0 Å². The molecule has 1 aliphatic rings. The first kappa shape index (κ1) is 8.70. The second-order valence-corrected chi connectivity index (χ2v) is 3.94. The summed E-state index contributed by atoms with van der Waals surface area (Å²) in [5, 5.41) is 9.08. The molecule has 0 radical (unpaired) electrons. The molecule has 0 bridgehead atoms. The average molecular weight is 177 g/mol. The maximum atomic E-state index is 9.08. The van der Waals surface area contributed by atoms with Crippen LogP contribution in [0, 0.1) is 19.8 Å². The third-order valence-corrected chi connectivity index (χ3v) is 2.81. The highest BCUT2D eigenvalue weighted by molar-refractivity contribution is 5.36. The zero-order chi connectivity index (χ0) is 9.42. The second-order valence-electron chi connectivity index (χ2n) is 3.94. The van der Waals surface area contributed by atoms with E-state index in [1.165, 1.54) is 11.1 Å². The van der Waals surface area contributed by atoms with Crippen molar-refractivity contribution in [3.63, 3.8) is 0 Å². The molecule has 0 amide bonds. The van der Waals surface area contributed by atoms with Gasteiger partial charge in [0.1, 0.15) is 0 Å². The molecule has 1 aliphatic carbocycles. The number of aryl methyl sites for hydroxylation is 2. The molecule has 1 unspecified atom stereocenters. The maximum absolute atomic E-state index is 9.08. The van der Waals surface area contributed by atoms with E-state index in [-0.39, 0.29) is 0 Å². The van der Waals surface area contributed by atoms with Gasteiger partial charge in [-0.05, 0) is 49.8 Å². The number of hydrogen-bond acceptors (Lipinski definition) is 2. The summed E-state index contributed by atoms with van der Waals surface area (Å²) in [4.78, 5) is 4.43. The van der Waals surface area contributed by atoms with Crippen LogP contribution >= 0.6 is 0 Å². The lowest BCUT2D eigenvalue weighted by atomic mass is 10.1. The highest BCUT2D eigenvalue weighted by Gasteiger charge is 2.22. The van der Waals surface area contributed by atoms with Gasteiger partial charge in [0.2, 0.25) is 0 Å². The van der Waals surface area contributed by atoms with Crippen molar-refractivity contribution in [1.29, 1.82) is 0 Å². The van der Waals surface area contributed by atoms with Gasteiger partial charge < -0.3 is 5.11 Å². The van der Waals surface area contributed by atoms with Crippen molar-refractivity contribution >= 4 is 0 Å².